The SMILES string of the molecule is CC1CCCCC1NC(=O)/C=C/CN. The maximum Gasteiger partial charge on any atom is 0.243 e. The first kappa shape index (κ1) is 11.2. The van der Waals surface area contributed by atoms with Crippen LogP contribution in [0.1, 0.15) is 32.6 Å². The van der Waals surface area contributed by atoms with Gasteiger partial charge in [-0.3, -0.25) is 4.79 Å². The first-order valence-corrected chi connectivity index (χ1v) is 5.41. The Hall–Kier alpha value is -0.830. The van der Waals surface area contributed by atoms with Crippen LogP contribution in [0.15, 0.2) is 12.2 Å². The molecule has 1 amide bonds. The van der Waals surface area contributed by atoms with Crippen molar-refractivity contribution in [1.29, 1.82) is 0 Å². The zero-order valence-corrected chi connectivity index (χ0v) is 8.83. The average Bonchev–Trinajstić information content (AvgIpc) is 2.18. The van der Waals surface area contributed by atoms with E-state index in [1.165, 1.54) is 25.3 Å². The molecule has 0 heterocycles. The van der Waals surface area contributed by atoms with E-state index in [2.05, 4.69) is 12.2 Å². The van der Waals surface area contributed by atoms with Gasteiger partial charge < -0.3 is 11.1 Å². The molecule has 0 spiro atoms. The molecule has 0 aromatic rings. The van der Waals surface area contributed by atoms with E-state index in [1.807, 2.05) is 0 Å². The van der Waals surface area contributed by atoms with E-state index >= 15 is 0 Å². The number of nitrogens with two attached hydrogens (primary N) is 1. The lowest BCUT2D eigenvalue weighted by Gasteiger charge is -2.29. The van der Waals surface area contributed by atoms with Crippen molar-refractivity contribution in [2.45, 2.75) is 38.6 Å². The highest BCUT2D eigenvalue weighted by atomic mass is 16.1. The van der Waals surface area contributed by atoms with E-state index in [1.54, 1.807) is 6.08 Å². The molecule has 0 radical (unpaired) electrons. The number of carbonyl (C=O) groups is 1. The fourth-order valence-electron chi connectivity index (χ4n) is 1.94. The van der Waals surface area contributed by atoms with Crippen molar-refractivity contribution in [2.24, 2.45) is 11.7 Å². The van der Waals surface area contributed by atoms with Gasteiger partial charge in [-0.2, -0.15) is 0 Å². The number of nitrogens with one attached hydrogen (secondary N) is 1. The van der Waals surface area contributed by atoms with E-state index in [4.69, 9.17) is 5.73 Å². The van der Waals surface area contributed by atoms with Gasteiger partial charge in [0, 0.05) is 18.7 Å². The Balaban J connectivity index is 2.34. The summed E-state index contributed by atoms with van der Waals surface area (Å²) in [6, 6.07) is 0.360. The smallest absolute Gasteiger partial charge is 0.243 e. The topological polar surface area (TPSA) is 55.1 Å². The molecular weight excluding hydrogens is 176 g/mol. The Morgan fingerprint density at radius 2 is 2.21 bits per heavy atom. The van der Waals surface area contributed by atoms with Crippen molar-refractivity contribution in [3.63, 3.8) is 0 Å². The van der Waals surface area contributed by atoms with E-state index in [0.717, 1.165) is 6.42 Å². The zero-order valence-electron chi connectivity index (χ0n) is 8.83. The van der Waals surface area contributed by atoms with Crippen molar-refractivity contribution >= 4 is 5.91 Å². The van der Waals surface area contributed by atoms with Gasteiger partial charge in [0.2, 0.25) is 5.91 Å². The Bertz CT molecular complexity index is 213. The molecule has 1 aliphatic rings. The molecule has 1 saturated carbocycles. The molecular formula is C11H20N2O. The summed E-state index contributed by atoms with van der Waals surface area (Å²) in [6.45, 7) is 2.63. The van der Waals surface area contributed by atoms with Crippen molar-refractivity contribution in [1.82, 2.24) is 5.32 Å². The van der Waals surface area contributed by atoms with E-state index in [9.17, 15) is 4.79 Å². The minimum absolute atomic E-state index is 0.00537. The third kappa shape index (κ3) is 3.50. The average molecular weight is 196 g/mol. The molecule has 14 heavy (non-hydrogen) atoms. The van der Waals surface area contributed by atoms with Crippen molar-refractivity contribution in [3.05, 3.63) is 12.2 Å². The molecule has 3 N–H and O–H groups in total. The van der Waals surface area contributed by atoms with E-state index < -0.39 is 0 Å². The van der Waals surface area contributed by atoms with Crippen molar-refractivity contribution in [2.75, 3.05) is 6.54 Å². The summed E-state index contributed by atoms with van der Waals surface area (Å²) >= 11 is 0. The molecule has 0 aliphatic heterocycles. The molecule has 0 bridgehead atoms. The van der Waals surface area contributed by atoms with Crippen LogP contribution in [0.4, 0.5) is 0 Å². The maximum absolute atomic E-state index is 11.4. The van der Waals surface area contributed by atoms with Crippen LogP contribution in [-0.4, -0.2) is 18.5 Å². The van der Waals surface area contributed by atoms with E-state index in [0.29, 0.717) is 18.5 Å². The van der Waals surface area contributed by atoms with Gasteiger partial charge in [0.15, 0.2) is 0 Å². The lowest BCUT2D eigenvalue weighted by atomic mass is 9.86. The second kappa shape index (κ2) is 5.81. The third-order valence-electron chi connectivity index (χ3n) is 2.84. The van der Waals surface area contributed by atoms with Crippen LogP contribution in [0.5, 0.6) is 0 Å². The fraction of sp³-hybridized carbons (Fsp3) is 0.727. The van der Waals surface area contributed by atoms with Crippen LogP contribution >= 0.6 is 0 Å². The van der Waals surface area contributed by atoms with Gasteiger partial charge in [0.05, 0.1) is 0 Å². The van der Waals surface area contributed by atoms with Gasteiger partial charge in [-0.1, -0.05) is 25.8 Å². The molecule has 1 rings (SSSR count). The number of carbonyl (C=O) groups excluding carboxylic acids is 1. The molecule has 2 unspecified atom stereocenters. The molecule has 0 aromatic carbocycles. The monoisotopic (exact) mass is 196 g/mol. The second-order valence-corrected chi connectivity index (χ2v) is 4.01. The Morgan fingerprint density at radius 3 is 2.86 bits per heavy atom. The second-order valence-electron chi connectivity index (χ2n) is 4.01. The third-order valence-corrected chi connectivity index (χ3v) is 2.84. The first-order valence-electron chi connectivity index (χ1n) is 5.41. The summed E-state index contributed by atoms with van der Waals surface area (Å²) in [4.78, 5) is 11.4. The molecule has 1 aliphatic carbocycles. The van der Waals surface area contributed by atoms with Crippen LogP contribution in [0.2, 0.25) is 0 Å². The molecule has 3 heteroatoms. The Labute approximate surface area is 85.7 Å². The normalized spacial score (nSPS) is 27.9. The Morgan fingerprint density at radius 1 is 1.50 bits per heavy atom. The fourth-order valence-corrected chi connectivity index (χ4v) is 1.94. The lowest BCUT2D eigenvalue weighted by molar-refractivity contribution is -0.117. The minimum atomic E-state index is -0.00537. The summed E-state index contributed by atoms with van der Waals surface area (Å²) in [7, 11) is 0. The predicted molar refractivity (Wildman–Crippen MR) is 57.8 cm³/mol. The highest BCUT2D eigenvalue weighted by Crippen LogP contribution is 2.23. The van der Waals surface area contributed by atoms with Crippen LogP contribution < -0.4 is 11.1 Å². The summed E-state index contributed by atoms with van der Waals surface area (Å²) in [5, 5.41) is 3.02. The van der Waals surface area contributed by atoms with Gasteiger partial charge in [0.25, 0.3) is 0 Å². The van der Waals surface area contributed by atoms with Crippen molar-refractivity contribution < 1.29 is 4.79 Å². The minimum Gasteiger partial charge on any atom is -0.350 e. The number of hydrogen-bond acceptors (Lipinski definition) is 2. The largest absolute Gasteiger partial charge is 0.350 e. The van der Waals surface area contributed by atoms with Crippen LogP contribution in [0.3, 0.4) is 0 Å². The number of hydrogen-bond donors (Lipinski definition) is 2. The molecule has 3 nitrogen and oxygen atoms in total. The highest BCUT2D eigenvalue weighted by Gasteiger charge is 2.21. The molecule has 2 atom stereocenters. The molecule has 1 fully saturated rings. The van der Waals surface area contributed by atoms with Gasteiger partial charge in [-0.05, 0) is 18.8 Å². The standard InChI is InChI=1S/C11H20N2O/c1-9-5-2-3-6-10(9)13-11(14)7-4-8-12/h4,7,9-10H,2-3,5-6,8,12H2,1H3,(H,13,14)/b7-4+. The highest BCUT2D eigenvalue weighted by molar-refractivity contribution is 5.87. The van der Waals surface area contributed by atoms with Crippen molar-refractivity contribution in [3.8, 4) is 0 Å². The summed E-state index contributed by atoms with van der Waals surface area (Å²) in [6.07, 6.45) is 8.08. The summed E-state index contributed by atoms with van der Waals surface area (Å²) < 4.78 is 0. The quantitative estimate of drug-likeness (QED) is 0.666. The van der Waals surface area contributed by atoms with E-state index in [-0.39, 0.29) is 5.91 Å². The van der Waals surface area contributed by atoms with Crippen LogP contribution in [-0.2, 0) is 4.79 Å². The lowest BCUT2D eigenvalue weighted by Crippen LogP contribution is -2.40. The molecule has 0 saturated heterocycles. The predicted octanol–water partition coefficient (Wildman–Crippen LogP) is 1.20. The summed E-state index contributed by atoms with van der Waals surface area (Å²) in [5.41, 5.74) is 5.27. The number of rotatable bonds is 3. The Kier molecular flexibility index (Phi) is 4.66. The van der Waals surface area contributed by atoms with Crippen LogP contribution in [0, 0.1) is 5.92 Å². The van der Waals surface area contributed by atoms with Gasteiger partial charge >= 0.3 is 0 Å². The first-order chi connectivity index (χ1) is 6.74. The molecule has 0 aromatic heterocycles. The zero-order chi connectivity index (χ0) is 10.4. The molecule has 80 valence electrons. The summed E-state index contributed by atoms with van der Waals surface area (Å²) in [5.74, 6) is 0.605. The number of amides is 1. The van der Waals surface area contributed by atoms with Crippen LogP contribution in [0.25, 0.3) is 0 Å². The maximum atomic E-state index is 11.4. The van der Waals surface area contributed by atoms with Gasteiger partial charge in [-0.15, -0.1) is 0 Å². The van der Waals surface area contributed by atoms with Gasteiger partial charge in [0.1, 0.15) is 0 Å². The van der Waals surface area contributed by atoms with Gasteiger partial charge in [-0.25, -0.2) is 0 Å².